The van der Waals surface area contributed by atoms with E-state index in [1.54, 1.807) is 7.11 Å². The van der Waals surface area contributed by atoms with Crippen molar-refractivity contribution in [2.75, 3.05) is 12.9 Å². The SMILES string of the molecule is COc1ccc(C(C)C(N)CCS(=O)(=O)O)cc1. The van der Waals surface area contributed by atoms with Crippen LogP contribution >= 0.6 is 0 Å². The molecule has 0 heterocycles. The van der Waals surface area contributed by atoms with Gasteiger partial charge in [0.2, 0.25) is 0 Å². The fourth-order valence-corrected chi connectivity index (χ4v) is 2.26. The van der Waals surface area contributed by atoms with Gasteiger partial charge in [0.1, 0.15) is 5.75 Å². The van der Waals surface area contributed by atoms with Gasteiger partial charge in [-0.3, -0.25) is 4.55 Å². The van der Waals surface area contributed by atoms with Crippen LogP contribution in [-0.4, -0.2) is 31.9 Å². The first kappa shape index (κ1) is 14.9. The van der Waals surface area contributed by atoms with Crippen LogP contribution in [-0.2, 0) is 10.1 Å². The summed E-state index contributed by atoms with van der Waals surface area (Å²) >= 11 is 0. The first-order chi connectivity index (χ1) is 8.33. The minimum atomic E-state index is -3.95. The molecule has 0 saturated carbocycles. The van der Waals surface area contributed by atoms with Crippen molar-refractivity contribution in [1.82, 2.24) is 0 Å². The highest BCUT2D eigenvalue weighted by atomic mass is 32.2. The number of hydrogen-bond donors (Lipinski definition) is 2. The molecule has 0 radical (unpaired) electrons. The topological polar surface area (TPSA) is 89.6 Å². The van der Waals surface area contributed by atoms with Gasteiger partial charge < -0.3 is 10.5 Å². The predicted molar refractivity (Wildman–Crippen MR) is 70.4 cm³/mol. The molecule has 0 saturated heterocycles. The summed E-state index contributed by atoms with van der Waals surface area (Å²) in [6.45, 7) is 1.93. The van der Waals surface area contributed by atoms with Gasteiger partial charge in [-0.05, 0) is 30.0 Å². The molecule has 0 fully saturated rings. The molecule has 0 aliphatic heterocycles. The van der Waals surface area contributed by atoms with Gasteiger partial charge in [-0.15, -0.1) is 0 Å². The summed E-state index contributed by atoms with van der Waals surface area (Å²) in [6, 6.07) is 7.15. The van der Waals surface area contributed by atoms with E-state index in [0.717, 1.165) is 11.3 Å². The van der Waals surface area contributed by atoms with Crippen LogP contribution in [0.1, 0.15) is 24.8 Å². The average Bonchev–Trinajstić information content (AvgIpc) is 2.34. The molecule has 0 aliphatic rings. The van der Waals surface area contributed by atoms with Crippen LogP contribution in [0.25, 0.3) is 0 Å². The molecule has 2 atom stereocenters. The number of rotatable bonds is 6. The normalized spacial score (nSPS) is 15.1. The van der Waals surface area contributed by atoms with Crippen molar-refractivity contribution in [2.24, 2.45) is 5.73 Å². The second kappa shape index (κ2) is 6.17. The highest BCUT2D eigenvalue weighted by Crippen LogP contribution is 2.22. The lowest BCUT2D eigenvalue weighted by Crippen LogP contribution is -2.29. The number of benzene rings is 1. The monoisotopic (exact) mass is 273 g/mol. The maximum Gasteiger partial charge on any atom is 0.264 e. The van der Waals surface area contributed by atoms with Gasteiger partial charge in [0.15, 0.2) is 0 Å². The van der Waals surface area contributed by atoms with Crippen molar-refractivity contribution in [3.05, 3.63) is 29.8 Å². The fourth-order valence-electron chi connectivity index (χ4n) is 1.69. The van der Waals surface area contributed by atoms with E-state index in [1.165, 1.54) is 0 Å². The molecule has 2 unspecified atom stereocenters. The van der Waals surface area contributed by atoms with Crippen LogP contribution in [0.4, 0.5) is 0 Å². The largest absolute Gasteiger partial charge is 0.497 e. The molecule has 5 nitrogen and oxygen atoms in total. The Balaban J connectivity index is 2.64. The summed E-state index contributed by atoms with van der Waals surface area (Å²) in [5.74, 6) is 0.462. The van der Waals surface area contributed by atoms with E-state index in [1.807, 2.05) is 31.2 Å². The molecule has 6 heteroatoms. The van der Waals surface area contributed by atoms with Crippen LogP contribution < -0.4 is 10.5 Å². The molecular formula is C12H19NO4S. The van der Waals surface area contributed by atoms with E-state index in [2.05, 4.69) is 0 Å². The molecule has 0 bridgehead atoms. The molecule has 0 aliphatic carbocycles. The van der Waals surface area contributed by atoms with Gasteiger partial charge in [0.25, 0.3) is 10.1 Å². The Morgan fingerprint density at radius 1 is 1.33 bits per heavy atom. The van der Waals surface area contributed by atoms with Crippen molar-refractivity contribution < 1.29 is 17.7 Å². The third kappa shape index (κ3) is 4.64. The van der Waals surface area contributed by atoms with E-state index < -0.39 is 10.1 Å². The molecule has 0 aromatic heterocycles. The van der Waals surface area contributed by atoms with Crippen molar-refractivity contribution in [3.8, 4) is 5.75 Å². The lowest BCUT2D eigenvalue weighted by molar-refractivity contribution is 0.414. The number of ether oxygens (including phenoxy) is 1. The van der Waals surface area contributed by atoms with Crippen molar-refractivity contribution in [2.45, 2.75) is 25.3 Å². The minimum absolute atomic E-state index is 0.0117. The highest BCUT2D eigenvalue weighted by molar-refractivity contribution is 7.85. The Morgan fingerprint density at radius 2 is 1.89 bits per heavy atom. The zero-order valence-electron chi connectivity index (χ0n) is 10.5. The Kier molecular flexibility index (Phi) is 5.13. The number of methoxy groups -OCH3 is 1. The molecule has 1 aromatic carbocycles. The first-order valence-corrected chi connectivity index (χ1v) is 7.29. The average molecular weight is 273 g/mol. The van der Waals surface area contributed by atoms with Gasteiger partial charge in [0, 0.05) is 6.04 Å². The number of nitrogens with two attached hydrogens (primary N) is 1. The quantitative estimate of drug-likeness (QED) is 0.765. The summed E-state index contributed by atoms with van der Waals surface area (Å²) in [4.78, 5) is 0. The van der Waals surface area contributed by atoms with Crippen molar-refractivity contribution >= 4 is 10.1 Å². The summed E-state index contributed by atoms with van der Waals surface area (Å²) < 4.78 is 35.1. The second-order valence-corrected chi connectivity index (χ2v) is 5.87. The van der Waals surface area contributed by atoms with Crippen LogP contribution in [0.3, 0.4) is 0 Å². The lowest BCUT2D eigenvalue weighted by atomic mass is 9.92. The molecule has 1 rings (SSSR count). The van der Waals surface area contributed by atoms with E-state index in [0.29, 0.717) is 0 Å². The molecule has 102 valence electrons. The van der Waals surface area contributed by atoms with E-state index in [4.69, 9.17) is 15.0 Å². The lowest BCUT2D eigenvalue weighted by Gasteiger charge is -2.20. The van der Waals surface area contributed by atoms with Gasteiger partial charge in [-0.1, -0.05) is 19.1 Å². The Morgan fingerprint density at radius 3 is 2.33 bits per heavy atom. The summed E-state index contributed by atoms with van der Waals surface area (Å²) in [6.07, 6.45) is 0.228. The Labute approximate surface area is 108 Å². The van der Waals surface area contributed by atoms with Crippen LogP contribution in [0.15, 0.2) is 24.3 Å². The molecule has 0 amide bonds. The Bertz CT molecular complexity index is 469. The summed E-state index contributed by atoms with van der Waals surface area (Å²) in [5.41, 5.74) is 6.93. The maximum atomic E-state index is 10.7. The third-order valence-corrected chi connectivity index (χ3v) is 3.74. The molecule has 18 heavy (non-hydrogen) atoms. The van der Waals surface area contributed by atoms with Crippen molar-refractivity contribution in [1.29, 1.82) is 0 Å². The Hall–Kier alpha value is -1.11. The number of hydrogen-bond acceptors (Lipinski definition) is 4. The van der Waals surface area contributed by atoms with Gasteiger partial charge in [0.05, 0.1) is 12.9 Å². The minimum Gasteiger partial charge on any atom is -0.497 e. The van der Waals surface area contributed by atoms with Gasteiger partial charge in [-0.2, -0.15) is 8.42 Å². The van der Waals surface area contributed by atoms with Crippen molar-refractivity contribution in [3.63, 3.8) is 0 Å². The molecule has 0 spiro atoms. The molecule has 3 N–H and O–H groups in total. The zero-order chi connectivity index (χ0) is 13.8. The smallest absolute Gasteiger partial charge is 0.264 e. The van der Waals surface area contributed by atoms with Gasteiger partial charge >= 0.3 is 0 Å². The van der Waals surface area contributed by atoms with E-state index in [9.17, 15) is 8.42 Å². The zero-order valence-corrected chi connectivity index (χ0v) is 11.4. The van der Waals surface area contributed by atoms with Crippen LogP contribution in [0.2, 0.25) is 0 Å². The third-order valence-electron chi connectivity index (χ3n) is 2.99. The first-order valence-electron chi connectivity index (χ1n) is 5.68. The predicted octanol–water partition coefficient (Wildman–Crippen LogP) is 1.40. The van der Waals surface area contributed by atoms with Crippen LogP contribution in [0, 0.1) is 0 Å². The highest BCUT2D eigenvalue weighted by Gasteiger charge is 2.17. The maximum absolute atomic E-state index is 10.7. The van der Waals surface area contributed by atoms with E-state index in [-0.39, 0.29) is 24.1 Å². The summed E-state index contributed by atoms with van der Waals surface area (Å²) in [7, 11) is -2.35. The summed E-state index contributed by atoms with van der Waals surface area (Å²) in [5, 5.41) is 0. The fraction of sp³-hybridized carbons (Fsp3) is 0.500. The molecule has 1 aromatic rings. The van der Waals surface area contributed by atoms with Crippen LogP contribution in [0.5, 0.6) is 5.75 Å². The van der Waals surface area contributed by atoms with Gasteiger partial charge in [-0.25, -0.2) is 0 Å². The van der Waals surface area contributed by atoms with E-state index >= 15 is 0 Å². The molecular weight excluding hydrogens is 254 g/mol. The second-order valence-electron chi connectivity index (χ2n) is 4.30. The standard InChI is InChI=1S/C12H19NO4S/c1-9(12(13)7-8-18(14,15)16)10-3-5-11(17-2)6-4-10/h3-6,9,12H,7-8,13H2,1-2H3,(H,14,15,16).